The molecular formula is C33H40N2O9. The number of hydrogen-bond donors (Lipinski definition) is 3. The number of amides is 2. The Morgan fingerprint density at radius 1 is 1.11 bits per heavy atom. The summed E-state index contributed by atoms with van der Waals surface area (Å²) in [5.74, 6) is 0.464. The van der Waals surface area contributed by atoms with E-state index in [1.54, 1.807) is 23.1 Å². The molecule has 0 saturated carbocycles. The summed E-state index contributed by atoms with van der Waals surface area (Å²) in [4.78, 5) is 40.8. The lowest BCUT2D eigenvalue weighted by atomic mass is 9.77. The Kier molecular flexibility index (Phi) is 10.1. The van der Waals surface area contributed by atoms with E-state index in [9.17, 15) is 24.6 Å². The molecule has 0 fully saturated rings. The van der Waals surface area contributed by atoms with Gasteiger partial charge in [0.25, 0.3) is 0 Å². The summed E-state index contributed by atoms with van der Waals surface area (Å²) in [5, 5.41) is 24.0. The number of fused-ring (bicyclic) bond motifs is 4. The van der Waals surface area contributed by atoms with Crippen LogP contribution >= 0.6 is 0 Å². The van der Waals surface area contributed by atoms with E-state index in [0.717, 1.165) is 31.2 Å². The third-order valence-electron chi connectivity index (χ3n) is 8.38. The van der Waals surface area contributed by atoms with E-state index in [4.69, 9.17) is 18.9 Å². The largest absolute Gasteiger partial charge is 0.493 e. The molecule has 0 saturated heterocycles. The maximum atomic E-state index is 13.9. The van der Waals surface area contributed by atoms with Gasteiger partial charge in [0.05, 0.1) is 25.7 Å². The van der Waals surface area contributed by atoms with Gasteiger partial charge >= 0.3 is 0 Å². The zero-order chi connectivity index (χ0) is 31.2. The fourth-order valence-corrected chi connectivity index (χ4v) is 6.18. The number of hydrogen-bond acceptors (Lipinski definition) is 9. The Labute approximate surface area is 256 Å². The molecule has 236 valence electrons. The van der Waals surface area contributed by atoms with Crippen molar-refractivity contribution in [2.24, 2.45) is 0 Å². The van der Waals surface area contributed by atoms with Crippen molar-refractivity contribution in [1.29, 1.82) is 0 Å². The van der Waals surface area contributed by atoms with Crippen LogP contribution in [0, 0.1) is 0 Å². The molecule has 0 aromatic heterocycles. The van der Waals surface area contributed by atoms with Gasteiger partial charge in [-0.25, -0.2) is 0 Å². The first-order chi connectivity index (χ1) is 21.4. The van der Waals surface area contributed by atoms with E-state index < -0.39 is 30.1 Å². The van der Waals surface area contributed by atoms with Crippen molar-refractivity contribution >= 4 is 18.1 Å². The van der Waals surface area contributed by atoms with Crippen LogP contribution < -0.4 is 24.3 Å². The zero-order valence-corrected chi connectivity index (χ0v) is 25.1. The molecule has 2 aromatic rings. The Morgan fingerprint density at radius 2 is 1.91 bits per heavy atom. The van der Waals surface area contributed by atoms with Crippen molar-refractivity contribution in [2.45, 2.75) is 76.2 Å². The Hall–Kier alpha value is -4.09. The number of aliphatic hydroxyl groups excluding tert-OH is 2. The fourth-order valence-electron chi connectivity index (χ4n) is 6.18. The second-order valence-electron chi connectivity index (χ2n) is 11.3. The lowest BCUT2D eigenvalue weighted by Crippen LogP contribution is -2.55. The minimum Gasteiger partial charge on any atom is -0.493 e. The lowest BCUT2D eigenvalue weighted by Gasteiger charge is -2.41. The lowest BCUT2D eigenvalue weighted by molar-refractivity contribution is -0.138. The van der Waals surface area contributed by atoms with Crippen molar-refractivity contribution in [1.82, 2.24) is 10.2 Å². The molecule has 0 spiro atoms. The number of unbranched alkanes of at least 4 members (excludes halogenated alkanes) is 4. The first-order valence-electron chi connectivity index (χ1n) is 15.2. The summed E-state index contributed by atoms with van der Waals surface area (Å²) in [5.41, 5.74) is 1.91. The average molecular weight is 609 g/mol. The summed E-state index contributed by atoms with van der Waals surface area (Å²) < 4.78 is 22.8. The number of carbonyl (C=O) groups excluding carboxylic acids is 3. The summed E-state index contributed by atoms with van der Waals surface area (Å²) in [6.07, 6.45) is 5.27. The predicted molar refractivity (Wildman–Crippen MR) is 160 cm³/mol. The van der Waals surface area contributed by atoms with Gasteiger partial charge in [-0.05, 0) is 42.3 Å². The SMILES string of the molecule is CCCCCCCC(=O)N(Cc1ccc2c(c1)OCO2)[C@@H]1C=C(C(=O)NCCO)[C@@H]2c3cc(C=O)cc(OC)c3O[C@@H]2[C@H]1O. The molecule has 44 heavy (non-hydrogen) atoms. The number of benzene rings is 2. The number of ether oxygens (including phenoxy) is 4. The Morgan fingerprint density at radius 3 is 2.66 bits per heavy atom. The number of rotatable bonds is 14. The number of aliphatic hydroxyl groups is 2. The van der Waals surface area contributed by atoms with Crippen LogP contribution in [0.15, 0.2) is 42.0 Å². The van der Waals surface area contributed by atoms with Crippen LogP contribution in [0.4, 0.5) is 0 Å². The van der Waals surface area contributed by atoms with Gasteiger partial charge in [0.1, 0.15) is 18.5 Å². The Bertz CT molecular complexity index is 1410. The number of carbonyl (C=O) groups is 3. The maximum absolute atomic E-state index is 13.9. The van der Waals surface area contributed by atoms with Gasteiger partial charge in [0.2, 0.25) is 18.6 Å². The summed E-state index contributed by atoms with van der Waals surface area (Å²) in [6.45, 7) is 2.16. The standard InChI is InChI=1S/C33H40N2O9/c1-3-4-5-6-7-8-28(38)35(17-20-9-10-25-26(14-20)43-19-42-25)24-16-23(33(40)34-11-12-36)29-22-13-21(18-37)15-27(41-2)31(22)44-32(29)30(24)39/h9-10,13-16,18,24,29-30,32,36,39H,3-8,11-12,17,19H2,1-2H3,(H,34,40)/t24-,29+,30+,32+/m1/s1. The van der Waals surface area contributed by atoms with Gasteiger partial charge in [-0.3, -0.25) is 14.4 Å². The number of methoxy groups -OCH3 is 1. The van der Waals surface area contributed by atoms with Crippen LogP contribution in [0.3, 0.4) is 0 Å². The molecule has 5 rings (SSSR count). The highest BCUT2D eigenvalue weighted by Crippen LogP contribution is 2.51. The first kappa shape index (κ1) is 31.3. The van der Waals surface area contributed by atoms with E-state index in [2.05, 4.69) is 12.2 Å². The average Bonchev–Trinajstić information content (AvgIpc) is 3.67. The molecule has 2 heterocycles. The van der Waals surface area contributed by atoms with Gasteiger partial charge in [-0.15, -0.1) is 0 Å². The smallest absolute Gasteiger partial charge is 0.247 e. The summed E-state index contributed by atoms with van der Waals surface area (Å²) in [6, 6.07) is 7.70. The van der Waals surface area contributed by atoms with Crippen molar-refractivity contribution in [3.63, 3.8) is 0 Å². The third-order valence-corrected chi connectivity index (χ3v) is 8.38. The van der Waals surface area contributed by atoms with Crippen LogP contribution in [0.5, 0.6) is 23.0 Å². The molecular weight excluding hydrogens is 568 g/mol. The van der Waals surface area contributed by atoms with Gasteiger partial charge in [-0.1, -0.05) is 38.7 Å². The van der Waals surface area contributed by atoms with Crippen LogP contribution in [-0.4, -0.2) is 78.5 Å². The Balaban J connectivity index is 1.53. The molecule has 2 aliphatic heterocycles. The summed E-state index contributed by atoms with van der Waals surface area (Å²) in [7, 11) is 1.45. The van der Waals surface area contributed by atoms with E-state index in [1.807, 2.05) is 12.1 Å². The molecule has 3 aliphatic rings. The second kappa shape index (κ2) is 14.1. The van der Waals surface area contributed by atoms with Crippen molar-refractivity contribution < 1.29 is 43.5 Å². The molecule has 1 aliphatic carbocycles. The molecule has 2 aromatic carbocycles. The molecule has 11 nitrogen and oxygen atoms in total. The minimum absolute atomic E-state index is 0.0177. The van der Waals surface area contributed by atoms with Crippen LogP contribution in [-0.2, 0) is 16.1 Å². The van der Waals surface area contributed by atoms with Crippen molar-refractivity contribution in [2.75, 3.05) is 27.1 Å². The van der Waals surface area contributed by atoms with E-state index in [0.29, 0.717) is 46.8 Å². The van der Waals surface area contributed by atoms with Gasteiger partial charge in [0.15, 0.2) is 23.0 Å². The van der Waals surface area contributed by atoms with Crippen LogP contribution in [0.2, 0.25) is 0 Å². The molecule has 0 unspecified atom stereocenters. The topological polar surface area (TPSA) is 144 Å². The molecule has 3 N–H and O–H groups in total. The van der Waals surface area contributed by atoms with Gasteiger partial charge < -0.3 is 39.4 Å². The fraction of sp³-hybridized carbons (Fsp3) is 0.485. The number of nitrogens with zero attached hydrogens (tertiary/aromatic N) is 1. The predicted octanol–water partition coefficient (Wildman–Crippen LogP) is 3.25. The van der Waals surface area contributed by atoms with E-state index in [1.165, 1.54) is 13.2 Å². The van der Waals surface area contributed by atoms with Crippen LogP contribution in [0.25, 0.3) is 0 Å². The quantitative estimate of drug-likeness (QED) is 0.218. The number of nitrogens with one attached hydrogen (secondary N) is 1. The van der Waals surface area contributed by atoms with E-state index >= 15 is 0 Å². The maximum Gasteiger partial charge on any atom is 0.247 e. The molecule has 4 atom stereocenters. The van der Waals surface area contributed by atoms with Gasteiger partial charge in [-0.2, -0.15) is 0 Å². The molecule has 0 bridgehead atoms. The van der Waals surface area contributed by atoms with Gasteiger partial charge in [0, 0.05) is 36.2 Å². The van der Waals surface area contributed by atoms with Crippen LogP contribution in [0.1, 0.15) is 72.9 Å². The highest BCUT2D eigenvalue weighted by atomic mass is 16.7. The number of aldehydes is 1. The van der Waals surface area contributed by atoms with E-state index in [-0.39, 0.29) is 44.4 Å². The zero-order valence-electron chi connectivity index (χ0n) is 25.1. The normalized spacial score (nSPS) is 21.0. The molecule has 0 radical (unpaired) electrons. The third kappa shape index (κ3) is 6.39. The summed E-state index contributed by atoms with van der Waals surface area (Å²) >= 11 is 0. The van der Waals surface area contributed by atoms with Crippen molar-refractivity contribution in [3.8, 4) is 23.0 Å². The molecule has 11 heteroatoms. The molecule has 2 amide bonds. The first-order valence-corrected chi connectivity index (χ1v) is 15.2. The minimum atomic E-state index is -1.22. The highest BCUT2D eigenvalue weighted by Gasteiger charge is 2.51. The highest BCUT2D eigenvalue weighted by molar-refractivity contribution is 5.96. The second-order valence-corrected chi connectivity index (χ2v) is 11.3. The monoisotopic (exact) mass is 608 g/mol. The van der Waals surface area contributed by atoms with Crippen molar-refractivity contribution in [3.05, 3.63) is 58.7 Å².